The molecule has 0 saturated carbocycles. The van der Waals surface area contributed by atoms with Crippen LogP contribution >= 0.6 is 0 Å². The summed E-state index contributed by atoms with van der Waals surface area (Å²) in [5, 5.41) is 15.2. The van der Waals surface area contributed by atoms with Gasteiger partial charge in [-0.15, -0.1) is 12.3 Å². The van der Waals surface area contributed by atoms with Crippen LogP contribution < -0.4 is 5.32 Å². The molecule has 2 aromatic heterocycles. The van der Waals surface area contributed by atoms with E-state index in [2.05, 4.69) is 31.5 Å². The van der Waals surface area contributed by atoms with Crippen LogP contribution in [-0.4, -0.2) is 26.3 Å². The van der Waals surface area contributed by atoms with Crippen molar-refractivity contribution in [3.05, 3.63) is 42.4 Å². The summed E-state index contributed by atoms with van der Waals surface area (Å²) in [7, 11) is 0. The highest BCUT2D eigenvalue weighted by Gasteiger charge is 2.39. The van der Waals surface area contributed by atoms with Gasteiger partial charge in [0.05, 0.1) is 6.54 Å². The Morgan fingerprint density at radius 2 is 2.04 bits per heavy atom. The van der Waals surface area contributed by atoms with Gasteiger partial charge in [-0.25, -0.2) is 0 Å². The second kappa shape index (κ2) is 7.04. The summed E-state index contributed by atoms with van der Waals surface area (Å²) in [6.45, 7) is 0.630. The molecule has 0 saturated heterocycles. The second-order valence-corrected chi connectivity index (χ2v) is 5.69. The molecule has 1 amide bonds. The Morgan fingerprint density at radius 1 is 1.25 bits per heavy atom. The lowest BCUT2D eigenvalue weighted by Crippen LogP contribution is -2.18. The van der Waals surface area contributed by atoms with Crippen LogP contribution in [0.4, 0.5) is 5.82 Å². The summed E-state index contributed by atoms with van der Waals surface area (Å²) >= 11 is 0. The molecule has 1 aliphatic heterocycles. The van der Waals surface area contributed by atoms with Crippen molar-refractivity contribution in [2.24, 2.45) is 10.2 Å². The lowest BCUT2D eigenvalue weighted by Gasteiger charge is -2.08. The van der Waals surface area contributed by atoms with Crippen molar-refractivity contribution in [1.82, 2.24) is 14.8 Å². The second-order valence-electron chi connectivity index (χ2n) is 5.69. The summed E-state index contributed by atoms with van der Waals surface area (Å²) in [5.41, 5.74) is 0.670. The predicted molar refractivity (Wildman–Crippen MR) is 89.1 cm³/mol. The minimum Gasteiger partial charge on any atom is -0.309 e. The highest BCUT2D eigenvalue weighted by molar-refractivity contribution is 5.89. The van der Waals surface area contributed by atoms with Gasteiger partial charge in [0.1, 0.15) is 0 Å². The van der Waals surface area contributed by atoms with Gasteiger partial charge < -0.3 is 5.32 Å². The maximum Gasteiger partial charge on any atom is 0.225 e. The first-order chi connectivity index (χ1) is 11.7. The largest absolute Gasteiger partial charge is 0.309 e. The van der Waals surface area contributed by atoms with Crippen molar-refractivity contribution in [2.45, 2.75) is 37.9 Å². The van der Waals surface area contributed by atoms with Gasteiger partial charge in [0.25, 0.3) is 0 Å². The molecule has 1 N–H and O–H groups in total. The fourth-order valence-corrected chi connectivity index (χ4v) is 2.38. The lowest BCUT2D eigenvalue weighted by atomic mass is 10.0. The summed E-state index contributed by atoms with van der Waals surface area (Å²) in [4.78, 5) is 16.0. The molecule has 0 aliphatic carbocycles. The fraction of sp³-hybridized carbons (Fsp3) is 0.353. The van der Waals surface area contributed by atoms with Crippen LogP contribution in [0.15, 0.2) is 47.0 Å². The zero-order chi connectivity index (χ0) is 16.8. The number of carbonyl (C=O) groups excluding carboxylic acids is 1. The Hall–Kier alpha value is -3.01. The first-order valence-corrected chi connectivity index (χ1v) is 7.79. The van der Waals surface area contributed by atoms with E-state index < -0.39 is 5.66 Å². The lowest BCUT2D eigenvalue weighted by molar-refractivity contribution is -0.116. The molecule has 1 aliphatic rings. The van der Waals surface area contributed by atoms with E-state index in [0.29, 0.717) is 38.0 Å². The van der Waals surface area contributed by atoms with Crippen molar-refractivity contribution in [3.8, 4) is 12.3 Å². The molecule has 2 aromatic rings. The van der Waals surface area contributed by atoms with Crippen molar-refractivity contribution in [2.75, 3.05) is 5.32 Å². The van der Waals surface area contributed by atoms with Crippen LogP contribution in [0.1, 0.15) is 31.2 Å². The standard InChI is InChI=1S/C17H18N6O/c1-2-3-8-17(21-22-17)9-4-16(24)19-15-7-12-23(20-15)13-14-5-10-18-11-6-14/h1,5-7,10-12H,3-4,8-9,13H2,(H,19,20,24). The molecule has 0 aromatic carbocycles. The number of rotatable bonds is 8. The van der Waals surface area contributed by atoms with Gasteiger partial charge in [0.15, 0.2) is 11.5 Å². The summed E-state index contributed by atoms with van der Waals surface area (Å²) < 4.78 is 1.77. The number of anilines is 1. The van der Waals surface area contributed by atoms with Gasteiger partial charge >= 0.3 is 0 Å². The van der Waals surface area contributed by atoms with E-state index in [1.54, 1.807) is 23.1 Å². The average Bonchev–Trinajstić information content (AvgIpc) is 3.25. The van der Waals surface area contributed by atoms with Crippen molar-refractivity contribution < 1.29 is 4.79 Å². The highest BCUT2D eigenvalue weighted by atomic mass is 16.1. The molecule has 0 atom stereocenters. The molecular formula is C17H18N6O. The number of hydrogen-bond acceptors (Lipinski definition) is 5. The normalized spacial score (nSPS) is 14.1. The first-order valence-electron chi connectivity index (χ1n) is 7.79. The van der Waals surface area contributed by atoms with Crippen molar-refractivity contribution in [3.63, 3.8) is 0 Å². The van der Waals surface area contributed by atoms with E-state index in [0.717, 1.165) is 5.56 Å². The van der Waals surface area contributed by atoms with E-state index in [9.17, 15) is 4.79 Å². The SMILES string of the molecule is C#CCCC1(CCC(=O)Nc2ccn(Cc3ccncc3)n2)N=N1. The zero-order valence-electron chi connectivity index (χ0n) is 13.2. The number of hydrogen-bond donors (Lipinski definition) is 1. The minimum atomic E-state index is -0.426. The van der Waals surface area contributed by atoms with Crippen LogP contribution in [0.3, 0.4) is 0 Å². The molecule has 0 bridgehead atoms. The zero-order valence-corrected chi connectivity index (χ0v) is 13.2. The van der Waals surface area contributed by atoms with E-state index >= 15 is 0 Å². The van der Waals surface area contributed by atoms with Gasteiger partial charge in [0, 0.05) is 50.3 Å². The quantitative estimate of drug-likeness (QED) is 0.758. The Bertz CT molecular complexity index is 768. The van der Waals surface area contributed by atoms with Gasteiger partial charge in [0.2, 0.25) is 5.91 Å². The van der Waals surface area contributed by atoms with E-state index in [-0.39, 0.29) is 5.91 Å². The molecule has 7 heteroatoms. The molecule has 3 rings (SSSR count). The third-order valence-corrected chi connectivity index (χ3v) is 3.81. The Morgan fingerprint density at radius 3 is 2.75 bits per heavy atom. The molecule has 0 spiro atoms. The maximum atomic E-state index is 12.0. The summed E-state index contributed by atoms with van der Waals surface area (Å²) in [5.74, 6) is 3.02. The first kappa shape index (κ1) is 15.9. The minimum absolute atomic E-state index is 0.0958. The van der Waals surface area contributed by atoms with Crippen LogP contribution in [-0.2, 0) is 11.3 Å². The predicted octanol–water partition coefficient (Wildman–Crippen LogP) is 2.62. The Balaban J connectivity index is 1.46. The van der Waals surface area contributed by atoms with Crippen molar-refractivity contribution >= 4 is 11.7 Å². The number of carbonyl (C=O) groups is 1. The van der Waals surface area contributed by atoms with E-state index in [1.165, 1.54) is 0 Å². The van der Waals surface area contributed by atoms with Crippen molar-refractivity contribution in [1.29, 1.82) is 0 Å². The topological polar surface area (TPSA) is 84.5 Å². The fourth-order valence-electron chi connectivity index (χ4n) is 2.38. The molecule has 24 heavy (non-hydrogen) atoms. The average molecular weight is 322 g/mol. The Labute approximate surface area is 140 Å². The van der Waals surface area contributed by atoms with Crippen LogP contribution in [0.2, 0.25) is 0 Å². The molecule has 0 fully saturated rings. The van der Waals surface area contributed by atoms with Crippen LogP contribution in [0.25, 0.3) is 0 Å². The summed E-state index contributed by atoms with van der Waals surface area (Å²) in [6, 6.07) is 5.63. The molecule has 0 radical (unpaired) electrons. The van der Waals surface area contributed by atoms with Gasteiger partial charge in [-0.05, 0) is 17.7 Å². The van der Waals surface area contributed by atoms with Crippen LogP contribution in [0, 0.1) is 12.3 Å². The van der Waals surface area contributed by atoms with Gasteiger partial charge in [-0.1, -0.05) is 0 Å². The number of pyridine rings is 1. The number of terminal acetylenes is 1. The Kier molecular flexibility index (Phi) is 4.66. The van der Waals surface area contributed by atoms with E-state index in [1.807, 2.05) is 18.3 Å². The van der Waals surface area contributed by atoms with Gasteiger partial charge in [-0.3, -0.25) is 14.5 Å². The maximum absolute atomic E-state index is 12.0. The molecule has 0 unspecified atom stereocenters. The third kappa shape index (κ3) is 4.26. The molecular weight excluding hydrogens is 304 g/mol. The number of nitrogens with one attached hydrogen (secondary N) is 1. The number of amides is 1. The molecule has 122 valence electrons. The highest BCUT2D eigenvalue weighted by Crippen LogP contribution is 2.37. The number of nitrogens with zero attached hydrogens (tertiary/aromatic N) is 5. The molecule has 7 nitrogen and oxygen atoms in total. The van der Waals surface area contributed by atoms with Gasteiger partial charge in [-0.2, -0.15) is 15.3 Å². The smallest absolute Gasteiger partial charge is 0.225 e. The molecule has 3 heterocycles. The van der Waals surface area contributed by atoms with Crippen LogP contribution in [0.5, 0.6) is 0 Å². The number of aromatic nitrogens is 3. The summed E-state index contributed by atoms with van der Waals surface area (Å²) in [6.07, 6.45) is 12.8. The third-order valence-electron chi connectivity index (χ3n) is 3.81. The van der Waals surface area contributed by atoms with E-state index in [4.69, 9.17) is 6.42 Å². The monoisotopic (exact) mass is 322 g/mol.